The van der Waals surface area contributed by atoms with Crippen molar-refractivity contribution in [1.82, 2.24) is 20.2 Å². The van der Waals surface area contributed by atoms with Crippen LogP contribution >= 0.6 is 11.6 Å². The molecule has 0 aliphatic rings. The summed E-state index contributed by atoms with van der Waals surface area (Å²) in [5, 5.41) is 17.8. The van der Waals surface area contributed by atoms with Gasteiger partial charge in [0.25, 0.3) is 6.47 Å². The highest BCUT2D eigenvalue weighted by molar-refractivity contribution is 6.30. The Morgan fingerprint density at radius 3 is 2.41 bits per heavy atom. The molecule has 1 aromatic carbocycles. The second-order valence-corrected chi connectivity index (χ2v) is 4.46. The fourth-order valence-electron chi connectivity index (χ4n) is 1.74. The van der Waals surface area contributed by atoms with Crippen LogP contribution in [-0.4, -0.2) is 31.7 Å². The Bertz CT molecular complexity index is 716. The van der Waals surface area contributed by atoms with Crippen molar-refractivity contribution in [3.05, 3.63) is 54.2 Å². The molecule has 0 atom stereocenters. The highest BCUT2D eigenvalue weighted by Crippen LogP contribution is 2.28. The Morgan fingerprint density at radius 1 is 1.14 bits per heavy atom. The van der Waals surface area contributed by atoms with Crippen LogP contribution in [0.3, 0.4) is 0 Å². The van der Waals surface area contributed by atoms with Gasteiger partial charge in [-0.3, -0.25) is 9.89 Å². The van der Waals surface area contributed by atoms with E-state index >= 15 is 0 Å². The molecular weight excluding hydrogens is 306 g/mol. The molecule has 8 heteroatoms. The first kappa shape index (κ1) is 15.5. The van der Waals surface area contributed by atoms with Gasteiger partial charge in [0.05, 0.1) is 24.3 Å². The molecule has 22 heavy (non-hydrogen) atoms. The third-order valence-corrected chi connectivity index (χ3v) is 2.88. The highest BCUT2D eigenvalue weighted by Gasteiger charge is 2.08. The molecule has 7 nitrogen and oxygen atoms in total. The van der Waals surface area contributed by atoms with E-state index in [1.807, 2.05) is 24.3 Å². The summed E-state index contributed by atoms with van der Waals surface area (Å²) in [7, 11) is 0. The van der Waals surface area contributed by atoms with Crippen LogP contribution in [0.25, 0.3) is 11.1 Å². The summed E-state index contributed by atoms with van der Waals surface area (Å²) in [5.41, 5.74) is 2.78. The molecule has 3 N–H and O–H groups in total. The zero-order valence-electron chi connectivity index (χ0n) is 11.3. The van der Waals surface area contributed by atoms with Gasteiger partial charge in [-0.25, -0.2) is 9.97 Å². The van der Waals surface area contributed by atoms with Gasteiger partial charge in [-0.05, 0) is 17.7 Å². The fraction of sp³-hybridized carbons (Fsp3) is 0. The lowest BCUT2D eigenvalue weighted by Gasteiger charge is -2.06. The fourth-order valence-corrected chi connectivity index (χ4v) is 1.86. The van der Waals surface area contributed by atoms with Gasteiger partial charge in [0.15, 0.2) is 0 Å². The molecule has 3 aromatic rings. The molecule has 2 aromatic heterocycles. The predicted octanol–water partition coefficient (Wildman–Crippen LogP) is 2.96. The van der Waals surface area contributed by atoms with Crippen LogP contribution in [-0.2, 0) is 4.79 Å². The molecule has 0 unspecified atom stereocenters. The van der Waals surface area contributed by atoms with Crippen molar-refractivity contribution in [2.24, 2.45) is 0 Å². The summed E-state index contributed by atoms with van der Waals surface area (Å²) in [5.74, 6) is 0.789. The first-order chi connectivity index (χ1) is 10.7. The van der Waals surface area contributed by atoms with E-state index in [9.17, 15) is 0 Å². The molecule has 3 rings (SSSR count). The van der Waals surface area contributed by atoms with Gasteiger partial charge in [-0.2, -0.15) is 5.10 Å². The van der Waals surface area contributed by atoms with Gasteiger partial charge in [0.2, 0.25) is 0 Å². The van der Waals surface area contributed by atoms with Crippen LogP contribution in [0.2, 0.25) is 5.02 Å². The van der Waals surface area contributed by atoms with Gasteiger partial charge in [0, 0.05) is 10.6 Å². The second kappa shape index (κ2) is 7.75. The van der Waals surface area contributed by atoms with E-state index in [-0.39, 0.29) is 6.47 Å². The number of aromatic nitrogens is 4. The molecule has 2 heterocycles. The number of nitrogens with zero attached hydrogens (tertiary/aromatic N) is 3. The summed E-state index contributed by atoms with van der Waals surface area (Å²) < 4.78 is 0. The number of H-pyrrole nitrogens is 1. The van der Waals surface area contributed by atoms with Crippen molar-refractivity contribution in [3.8, 4) is 11.1 Å². The van der Waals surface area contributed by atoms with E-state index < -0.39 is 0 Å². The number of anilines is 2. The molecule has 112 valence electrons. The van der Waals surface area contributed by atoms with Crippen LogP contribution in [0.15, 0.2) is 49.2 Å². The minimum absolute atomic E-state index is 0.250. The Morgan fingerprint density at radius 2 is 1.77 bits per heavy atom. The van der Waals surface area contributed by atoms with E-state index in [4.69, 9.17) is 21.5 Å². The summed E-state index contributed by atoms with van der Waals surface area (Å²) in [6.07, 6.45) is 6.63. The second-order valence-electron chi connectivity index (χ2n) is 4.02. The minimum Gasteiger partial charge on any atom is -0.483 e. The van der Waals surface area contributed by atoms with E-state index in [0.717, 1.165) is 22.6 Å². The van der Waals surface area contributed by atoms with Crippen LogP contribution in [0, 0.1) is 0 Å². The first-order valence-corrected chi connectivity index (χ1v) is 6.51. The molecule has 0 bridgehead atoms. The van der Waals surface area contributed by atoms with Crippen LogP contribution in [0.5, 0.6) is 0 Å². The number of hydrogen-bond donors (Lipinski definition) is 3. The molecule has 0 fully saturated rings. The van der Waals surface area contributed by atoms with E-state index in [1.54, 1.807) is 18.6 Å². The van der Waals surface area contributed by atoms with E-state index in [1.165, 1.54) is 6.33 Å². The molecule has 0 amide bonds. The van der Waals surface area contributed by atoms with Crippen LogP contribution in [0.4, 0.5) is 11.5 Å². The predicted molar refractivity (Wildman–Crippen MR) is 83.0 cm³/mol. The molecule has 0 radical (unpaired) electrons. The number of nitrogens with one attached hydrogen (secondary N) is 2. The quantitative estimate of drug-likeness (QED) is 0.642. The van der Waals surface area contributed by atoms with Crippen molar-refractivity contribution in [2.45, 2.75) is 0 Å². The third kappa shape index (κ3) is 4.03. The lowest BCUT2D eigenvalue weighted by molar-refractivity contribution is -0.122. The van der Waals surface area contributed by atoms with Gasteiger partial charge >= 0.3 is 0 Å². The van der Waals surface area contributed by atoms with Gasteiger partial charge in [-0.1, -0.05) is 23.7 Å². The standard InChI is InChI=1S/C13H10ClN5.CH2O2/c14-10-3-1-9(2-4-10)12-7-17-19-13(12)18-11-5-15-8-16-6-11;2-1-3/h1-8H,(H2,17,18,19);1H,(H,2,3). The average molecular weight is 318 g/mol. The Balaban J connectivity index is 0.000000545. The number of carboxylic acid groups (broad SMARTS) is 1. The summed E-state index contributed by atoms with van der Waals surface area (Å²) in [4.78, 5) is 16.3. The summed E-state index contributed by atoms with van der Waals surface area (Å²) in [6, 6.07) is 7.58. The normalized spacial score (nSPS) is 9.50. The average Bonchev–Trinajstić information content (AvgIpc) is 2.98. The monoisotopic (exact) mass is 317 g/mol. The number of aromatic amines is 1. The maximum Gasteiger partial charge on any atom is 0.290 e. The molecule has 0 aliphatic carbocycles. The topological polar surface area (TPSA) is 104 Å². The number of hydrogen-bond acceptors (Lipinski definition) is 5. The summed E-state index contributed by atoms with van der Waals surface area (Å²) in [6.45, 7) is -0.250. The smallest absolute Gasteiger partial charge is 0.290 e. The molecule has 0 saturated heterocycles. The van der Waals surface area contributed by atoms with Crippen molar-refractivity contribution in [3.63, 3.8) is 0 Å². The lowest BCUT2D eigenvalue weighted by atomic mass is 10.1. The number of halogens is 1. The molecule has 0 aliphatic heterocycles. The third-order valence-electron chi connectivity index (χ3n) is 2.62. The minimum atomic E-state index is -0.250. The molecule has 0 saturated carbocycles. The van der Waals surface area contributed by atoms with Crippen molar-refractivity contribution >= 4 is 29.6 Å². The van der Waals surface area contributed by atoms with E-state index in [0.29, 0.717) is 5.02 Å². The molecular formula is C14H12ClN5O2. The SMILES string of the molecule is Clc1ccc(-c2cn[nH]c2Nc2cncnc2)cc1.O=CO. The Labute approximate surface area is 131 Å². The lowest BCUT2D eigenvalue weighted by Crippen LogP contribution is -1.94. The highest BCUT2D eigenvalue weighted by atomic mass is 35.5. The largest absolute Gasteiger partial charge is 0.483 e. The number of benzene rings is 1. The van der Waals surface area contributed by atoms with Crippen molar-refractivity contribution in [1.29, 1.82) is 0 Å². The maximum atomic E-state index is 8.36. The zero-order valence-corrected chi connectivity index (χ0v) is 12.0. The van der Waals surface area contributed by atoms with Gasteiger partial charge < -0.3 is 10.4 Å². The number of rotatable bonds is 3. The van der Waals surface area contributed by atoms with Gasteiger partial charge in [-0.15, -0.1) is 0 Å². The number of carbonyl (C=O) groups is 1. The van der Waals surface area contributed by atoms with Crippen molar-refractivity contribution < 1.29 is 9.90 Å². The van der Waals surface area contributed by atoms with Crippen LogP contribution in [0.1, 0.15) is 0 Å². The maximum absolute atomic E-state index is 8.36. The van der Waals surface area contributed by atoms with Crippen molar-refractivity contribution in [2.75, 3.05) is 5.32 Å². The Kier molecular flexibility index (Phi) is 5.44. The van der Waals surface area contributed by atoms with Crippen LogP contribution < -0.4 is 5.32 Å². The first-order valence-electron chi connectivity index (χ1n) is 6.13. The van der Waals surface area contributed by atoms with Gasteiger partial charge in [0.1, 0.15) is 12.1 Å². The summed E-state index contributed by atoms with van der Waals surface area (Å²) >= 11 is 5.89. The Hall–Kier alpha value is -2.93. The van der Waals surface area contributed by atoms with E-state index in [2.05, 4.69) is 25.5 Å². The molecule has 0 spiro atoms. The zero-order chi connectivity index (χ0) is 15.8.